The molecule has 0 unspecified atom stereocenters. The van der Waals surface area contributed by atoms with Crippen LogP contribution in [0.25, 0.3) is 0 Å². The number of rotatable bonds is 7. The third-order valence-electron chi connectivity index (χ3n) is 5.15. The Morgan fingerprint density at radius 2 is 1.79 bits per heavy atom. The molecule has 28 heavy (non-hydrogen) atoms. The van der Waals surface area contributed by atoms with Crippen LogP contribution in [0.4, 0.5) is 0 Å². The lowest BCUT2D eigenvalue weighted by Crippen LogP contribution is -2.36. The smallest absolute Gasteiger partial charge is 0.331 e. The SMILES string of the molecule is CC(C)(C)OC(=O)[C@](C#N)(/C=C/C(=O)C1CCCCC1)CCc1ccccc1. The van der Waals surface area contributed by atoms with Crippen molar-refractivity contribution in [3.8, 4) is 6.07 Å². The molecule has 1 saturated carbocycles. The lowest BCUT2D eigenvalue weighted by Gasteiger charge is -2.27. The number of ketones is 1. The summed E-state index contributed by atoms with van der Waals surface area (Å²) in [6.45, 7) is 5.34. The monoisotopic (exact) mass is 381 g/mol. The van der Waals surface area contributed by atoms with Gasteiger partial charge < -0.3 is 4.74 Å². The number of carbonyl (C=O) groups is 2. The topological polar surface area (TPSA) is 67.2 Å². The zero-order valence-corrected chi connectivity index (χ0v) is 17.2. The van der Waals surface area contributed by atoms with E-state index >= 15 is 0 Å². The van der Waals surface area contributed by atoms with Gasteiger partial charge in [0, 0.05) is 5.92 Å². The summed E-state index contributed by atoms with van der Waals surface area (Å²) in [7, 11) is 0. The predicted molar refractivity (Wildman–Crippen MR) is 109 cm³/mol. The van der Waals surface area contributed by atoms with Crippen LogP contribution in [0.15, 0.2) is 42.5 Å². The van der Waals surface area contributed by atoms with Crippen LogP contribution in [0, 0.1) is 22.7 Å². The molecule has 1 aromatic rings. The number of esters is 1. The Bertz CT molecular complexity index is 733. The van der Waals surface area contributed by atoms with Gasteiger partial charge in [0.05, 0.1) is 6.07 Å². The molecule has 0 saturated heterocycles. The highest BCUT2D eigenvalue weighted by Crippen LogP contribution is 2.31. The number of carbonyl (C=O) groups excluding carboxylic acids is 2. The van der Waals surface area contributed by atoms with Crippen molar-refractivity contribution >= 4 is 11.8 Å². The summed E-state index contributed by atoms with van der Waals surface area (Å²) in [5.74, 6) is -0.567. The first-order valence-corrected chi connectivity index (χ1v) is 10.2. The van der Waals surface area contributed by atoms with E-state index in [9.17, 15) is 14.9 Å². The highest BCUT2D eigenvalue weighted by Gasteiger charge is 2.40. The van der Waals surface area contributed by atoms with Crippen LogP contribution in [0.1, 0.15) is 64.9 Å². The van der Waals surface area contributed by atoms with Gasteiger partial charge in [0.25, 0.3) is 0 Å². The van der Waals surface area contributed by atoms with Crippen LogP contribution in [-0.2, 0) is 20.7 Å². The summed E-state index contributed by atoms with van der Waals surface area (Å²) in [6.07, 6.45) is 8.84. The molecule has 0 N–H and O–H groups in total. The Kier molecular flexibility index (Phi) is 7.57. The van der Waals surface area contributed by atoms with Gasteiger partial charge in [-0.25, -0.2) is 4.79 Å². The molecular formula is C24H31NO3. The van der Waals surface area contributed by atoms with Crippen LogP contribution in [-0.4, -0.2) is 17.4 Å². The number of benzene rings is 1. The minimum Gasteiger partial charge on any atom is -0.459 e. The number of hydrogen-bond acceptors (Lipinski definition) is 4. The Morgan fingerprint density at radius 1 is 1.14 bits per heavy atom. The lowest BCUT2D eigenvalue weighted by molar-refractivity contribution is -0.161. The van der Waals surface area contributed by atoms with E-state index in [2.05, 4.69) is 6.07 Å². The zero-order valence-electron chi connectivity index (χ0n) is 17.2. The fourth-order valence-corrected chi connectivity index (χ4v) is 3.50. The van der Waals surface area contributed by atoms with E-state index in [0.29, 0.717) is 6.42 Å². The lowest BCUT2D eigenvalue weighted by atomic mass is 9.81. The first-order valence-electron chi connectivity index (χ1n) is 10.2. The third-order valence-corrected chi connectivity index (χ3v) is 5.15. The van der Waals surface area contributed by atoms with Gasteiger partial charge in [-0.3, -0.25) is 4.79 Å². The summed E-state index contributed by atoms with van der Waals surface area (Å²) >= 11 is 0. The molecule has 0 spiro atoms. The third kappa shape index (κ3) is 6.34. The van der Waals surface area contributed by atoms with Gasteiger partial charge in [-0.15, -0.1) is 0 Å². The van der Waals surface area contributed by atoms with E-state index in [-0.39, 0.29) is 18.1 Å². The maximum absolute atomic E-state index is 12.9. The molecule has 4 heteroatoms. The molecule has 1 fully saturated rings. The van der Waals surface area contributed by atoms with E-state index in [1.165, 1.54) is 18.6 Å². The molecule has 1 aliphatic rings. The number of allylic oxidation sites excluding steroid dienone is 1. The van der Waals surface area contributed by atoms with Gasteiger partial charge in [-0.05, 0) is 64.2 Å². The molecule has 1 atom stereocenters. The van der Waals surface area contributed by atoms with Crippen molar-refractivity contribution in [2.24, 2.45) is 11.3 Å². The average Bonchev–Trinajstić information content (AvgIpc) is 2.68. The van der Waals surface area contributed by atoms with Crippen LogP contribution in [0.5, 0.6) is 0 Å². The molecule has 0 aliphatic heterocycles. The standard InChI is InChI=1S/C24H31NO3/c1-23(2,3)28-22(27)24(18-25,16-14-19-10-6-4-7-11-19)17-15-21(26)20-12-8-5-9-13-20/h4,6-7,10-11,15,17,20H,5,8-9,12-14,16H2,1-3H3/b17-15+/t24-/m0/s1. The van der Waals surface area contributed by atoms with Crippen LogP contribution in [0.3, 0.4) is 0 Å². The molecule has 0 aromatic heterocycles. The Balaban J connectivity index is 2.22. The fourth-order valence-electron chi connectivity index (χ4n) is 3.50. The van der Waals surface area contributed by atoms with Crippen LogP contribution >= 0.6 is 0 Å². The Labute approximate surface area is 168 Å². The summed E-state index contributed by atoms with van der Waals surface area (Å²) < 4.78 is 5.54. The molecule has 4 nitrogen and oxygen atoms in total. The fraction of sp³-hybridized carbons (Fsp3) is 0.542. The first-order chi connectivity index (χ1) is 13.3. The molecular weight excluding hydrogens is 350 g/mol. The highest BCUT2D eigenvalue weighted by molar-refractivity contribution is 5.93. The molecule has 150 valence electrons. The van der Waals surface area contributed by atoms with Crippen molar-refractivity contribution in [2.75, 3.05) is 0 Å². The van der Waals surface area contributed by atoms with Gasteiger partial charge in [0.2, 0.25) is 0 Å². The maximum atomic E-state index is 12.9. The second-order valence-corrected chi connectivity index (χ2v) is 8.64. The van der Waals surface area contributed by atoms with Crippen molar-refractivity contribution in [3.05, 3.63) is 48.0 Å². The number of ether oxygens (including phenoxy) is 1. The van der Waals surface area contributed by atoms with Gasteiger partial charge in [-0.2, -0.15) is 5.26 Å². The van der Waals surface area contributed by atoms with Crippen molar-refractivity contribution in [1.82, 2.24) is 0 Å². The minimum atomic E-state index is -1.46. The minimum absolute atomic E-state index is 0.00847. The second kappa shape index (κ2) is 9.68. The number of nitrogens with zero attached hydrogens (tertiary/aromatic N) is 1. The molecule has 1 aliphatic carbocycles. The van der Waals surface area contributed by atoms with Gasteiger partial charge >= 0.3 is 5.97 Å². The highest BCUT2D eigenvalue weighted by atomic mass is 16.6. The van der Waals surface area contributed by atoms with E-state index in [0.717, 1.165) is 31.2 Å². The summed E-state index contributed by atoms with van der Waals surface area (Å²) in [5, 5.41) is 9.93. The average molecular weight is 382 g/mol. The van der Waals surface area contributed by atoms with Crippen molar-refractivity contribution in [2.45, 2.75) is 71.3 Å². The van der Waals surface area contributed by atoms with E-state index in [4.69, 9.17) is 4.74 Å². The molecule has 0 amide bonds. The Hall–Kier alpha value is -2.41. The maximum Gasteiger partial charge on any atom is 0.331 e. The predicted octanol–water partition coefficient (Wildman–Crippen LogP) is 5.18. The number of nitriles is 1. The van der Waals surface area contributed by atoms with Crippen LogP contribution in [0.2, 0.25) is 0 Å². The molecule has 0 bridgehead atoms. The van der Waals surface area contributed by atoms with Gasteiger partial charge in [0.1, 0.15) is 5.60 Å². The zero-order chi connectivity index (χ0) is 20.6. The first kappa shape index (κ1) is 21.9. The van der Waals surface area contributed by atoms with E-state index in [1.807, 2.05) is 30.3 Å². The second-order valence-electron chi connectivity index (χ2n) is 8.64. The molecule has 0 heterocycles. The normalized spacial score (nSPS) is 17.6. The van der Waals surface area contributed by atoms with E-state index < -0.39 is 17.0 Å². The summed E-state index contributed by atoms with van der Waals surface area (Å²) in [5.41, 5.74) is -1.13. The van der Waals surface area contributed by atoms with Gasteiger partial charge in [0.15, 0.2) is 11.2 Å². The van der Waals surface area contributed by atoms with Crippen molar-refractivity contribution < 1.29 is 14.3 Å². The molecule has 2 rings (SSSR count). The van der Waals surface area contributed by atoms with E-state index in [1.54, 1.807) is 20.8 Å². The quantitative estimate of drug-likeness (QED) is 0.482. The number of hydrogen-bond donors (Lipinski definition) is 0. The Morgan fingerprint density at radius 3 is 2.36 bits per heavy atom. The van der Waals surface area contributed by atoms with Crippen molar-refractivity contribution in [1.29, 1.82) is 5.26 Å². The molecule has 1 aromatic carbocycles. The van der Waals surface area contributed by atoms with Crippen LogP contribution < -0.4 is 0 Å². The summed E-state index contributed by atoms with van der Waals surface area (Å²) in [6, 6.07) is 11.9. The van der Waals surface area contributed by atoms with Gasteiger partial charge in [-0.1, -0.05) is 49.6 Å². The molecule has 0 radical (unpaired) electrons. The number of aryl methyl sites for hydroxylation is 1. The van der Waals surface area contributed by atoms with Crippen molar-refractivity contribution in [3.63, 3.8) is 0 Å². The largest absolute Gasteiger partial charge is 0.459 e. The summed E-state index contributed by atoms with van der Waals surface area (Å²) in [4.78, 5) is 25.5.